The van der Waals surface area contributed by atoms with Gasteiger partial charge in [0.15, 0.2) is 0 Å². The maximum absolute atomic E-state index is 10.0. The van der Waals surface area contributed by atoms with Gasteiger partial charge in [0.25, 0.3) is 0 Å². The summed E-state index contributed by atoms with van der Waals surface area (Å²) in [5.41, 5.74) is -0.844. The first kappa shape index (κ1) is 20.8. The normalized spacial score (nSPS) is 19.9. The number of methoxy groups -OCH3 is 4. The Morgan fingerprint density at radius 1 is 0.952 bits per heavy atom. The second-order valence-electron chi connectivity index (χ2n) is 5.65. The molecule has 2 N–H and O–H groups in total. The van der Waals surface area contributed by atoms with E-state index in [0.29, 0.717) is 12.8 Å². The molecule has 21 heavy (non-hydrogen) atoms. The minimum absolute atomic E-state index is 0.374. The fraction of sp³-hybridized carbons (Fsp3) is 1.00. The van der Waals surface area contributed by atoms with Gasteiger partial charge in [-0.05, 0) is 40.0 Å². The molecular formula is C15H32O6. The minimum atomic E-state index is -1.26. The maximum atomic E-state index is 10.0. The van der Waals surface area contributed by atoms with Crippen molar-refractivity contribution in [2.45, 2.75) is 69.7 Å². The first-order valence-corrected chi connectivity index (χ1v) is 7.29. The molecule has 0 aliphatic carbocycles. The van der Waals surface area contributed by atoms with Gasteiger partial charge in [0.1, 0.15) is 11.7 Å². The number of hydrogen-bond acceptors (Lipinski definition) is 6. The van der Waals surface area contributed by atoms with Gasteiger partial charge in [-0.15, -0.1) is 0 Å². The highest BCUT2D eigenvalue weighted by Gasteiger charge is 2.57. The Labute approximate surface area is 128 Å². The second-order valence-corrected chi connectivity index (χ2v) is 5.65. The SMILES string of the molecule is COC(C(C)O)C(OC)(OC)C(C)(CCCC(C)O)OC. The van der Waals surface area contributed by atoms with Crippen LogP contribution in [0.1, 0.15) is 40.0 Å². The Morgan fingerprint density at radius 2 is 1.48 bits per heavy atom. The Balaban J connectivity index is 5.43. The smallest absolute Gasteiger partial charge is 0.226 e. The lowest BCUT2D eigenvalue weighted by Crippen LogP contribution is -2.66. The lowest BCUT2D eigenvalue weighted by molar-refractivity contribution is -0.354. The first-order chi connectivity index (χ1) is 9.74. The van der Waals surface area contributed by atoms with E-state index in [-0.39, 0.29) is 6.10 Å². The van der Waals surface area contributed by atoms with Crippen molar-refractivity contribution in [3.8, 4) is 0 Å². The van der Waals surface area contributed by atoms with Crippen LogP contribution in [0.4, 0.5) is 0 Å². The molecule has 0 aliphatic heterocycles. The average Bonchev–Trinajstić information content (AvgIpc) is 2.43. The lowest BCUT2D eigenvalue weighted by Gasteiger charge is -2.49. The fourth-order valence-corrected chi connectivity index (χ4v) is 2.87. The van der Waals surface area contributed by atoms with E-state index in [1.807, 2.05) is 6.92 Å². The third-order valence-electron chi connectivity index (χ3n) is 4.14. The predicted octanol–water partition coefficient (Wildman–Crippen LogP) is 1.33. The van der Waals surface area contributed by atoms with Gasteiger partial charge in [0, 0.05) is 28.4 Å². The van der Waals surface area contributed by atoms with E-state index in [1.165, 1.54) is 21.3 Å². The molecule has 0 aliphatic rings. The van der Waals surface area contributed by atoms with Crippen molar-refractivity contribution < 1.29 is 29.2 Å². The van der Waals surface area contributed by atoms with Crippen LogP contribution in [-0.2, 0) is 18.9 Å². The summed E-state index contributed by atoms with van der Waals surface area (Å²) < 4.78 is 22.3. The van der Waals surface area contributed by atoms with E-state index in [2.05, 4.69) is 0 Å². The highest BCUT2D eigenvalue weighted by molar-refractivity contribution is 5.00. The van der Waals surface area contributed by atoms with Gasteiger partial charge in [-0.1, -0.05) is 0 Å². The molecule has 4 atom stereocenters. The maximum Gasteiger partial charge on any atom is 0.226 e. The molecule has 0 rings (SSSR count). The highest BCUT2D eigenvalue weighted by Crippen LogP contribution is 2.39. The zero-order chi connectivity index (χ0) is 16.7. The standard InChI is InChI=1S/C15H32O6/c1-11(16)9-8-10-14(3,19-5)15(20-6,21-7)13(18-4)12(2)17/h11-13,16-17H,8-10H2,1-7H3. The molecule has 0 radical (unpaired) electrons. The van der Waals surface area contributed by atoms with Crippen molar-refractivity contribution >= 4 is 0 Å². The largest absolute Gasteiger partial charge is 0.393 e. The van der Waals surface area contributed by atoms with Gasteiger partial charge in [0.2, 0.25) is 5.79 Å². The number of ether oxygens (including phenoxy) is 4. The van der Waals surface area contributed by atoms with E-state index >= 15 is 0 Å². The van der Waals surface area contributed by atoms with Crippen LogP contribution in [0.3, 0.4) is 0 Å². The number of aliphatic hydroxyl groups excluding tert-OH is 2. The molecule has 0 amide bonds. The van der Waals surface area contributed by atoms with Crippen molar-refractivity contribution in [1.82, 2.24) is 0 Å². The molecule has 0 bridgehead atoms. The summed E-state index contributed by atoms with van der Waals surface area (Å²) in [6, 6.07) is 0. The second kappa shape index (κ2) is 9.02. The zero-order valence-corrected chi connectivity index (χ0v) is 14.4. The van der Waals surface area contributed by atoms with E-state index < -0.39 is 23.6 Å². The molecule has 0 saturated carbocycles. The molecule has 0 fully saturated rings. The molecule has 6 heteroatoms. The Hall–Kier alpha value is -0.240. The van der Waals surface area contributed by atoms with Crippen LogP contribution in [0.5, 0.6) is 0 Å². The van der Waals surface area contributed by atoms with Gasteiger partial charge in [0.05, 0.1) is 12.2 Å². The zero-order valence-electron chi connectivity index (χ0n) is 14.4. The van der Waals surface area contributed by atoms with Gasteiger partial charge in [-0.2, -0.15) is 0 Å². The molecule has 128 valence electrons. The minimum Gasteiger partial charge on any atom is -0.393 e. The van der Waals surface area contributed by atoms with Gasteiger partial charge >= 0.3 is 0 Å². The summed E-state index contributed by atoms with van der Waals surface area (Å²) >= 11 is 0. The van der Waals surface area contributed by atoms with E-state index in [1.54, 1.807) is 21.0 Å². The third kappa shape index (κ3) is 4.61. The van der Waals surface area contributed by atoms with Crippen molar-refractivity contribution in [3.05, 3.63) is 0 Å². The summed E-state index contributed by atoms with van der Waals surface area (Å²) in [5, 5.41) is 19.4. The van der Waals surface area contributed by atoms with E-state index in [9.17, 15) is 10.2 Å². The van der Waals surface area contributed by atoms with Crippen molar-refractivity contribution in [2.75, 3.05) is 28.4 Å². The third-order valence-corrected chi connectivity index (χ3v) is 4.14. The number of aliphatic hydroxyl groups is 2. The molecular weight excluding hydrogens is 276 g/mol. The number of rotatable bonds is 11. The summed E-state index contributed by atoms with van der Waals surface area (Å²) in [4.78, 5) is 0. The van der Waals surface area contributed by atoms with Crippen molar-refractivity contribution in [1.29, 1.82) is 0 Å². The van der Waals surface area contributed by atoms with Gasteiger partial charge in [-0.25, -0.2) is 0 Å². The Kier molecular flexibility index (Phi) is 8.92. The topological polar surface area (TPSA) is 77.4 Å². The average molecular weight is 308 g/mol. The molecule has 0 aromatic heterocycles. The van der Waals surface area contributed by atoms with Crippen LogP contribution in [0.2, 0.25) is 0 Å². The predicted molar refractivity (Wildman–Crippen MR) is 80.2 cm³/mol. The number of hydrogen-bond donors (Lipinski definition) is 2. The van der Waals surface area contributed by atoms with E-state index in [0.717, 1.165) is 6.42 Å². The molecule has 0 aromatic rings. The van der Waals surface area contributed by atoms with E-state index in [4.69, 9.17) is 18.9 Å². The molecule has 6 nitrogen and oxygen atoms in total. The Bertz CT molecular complexity index is 277. The van der Waals surface area contributed by atoms with Crippen LogP contribution in [0.25, 0.3) is 0 Å². The van der Waals surface area contributed by atoms with Gasteiger partial charge < -0.3 is 29.2 Å². The summed E-state index contributed by atoms with van der Waals surface area (Å²) in [5.74, 6) is -1.26. The fourth-order valence-electron chi connectivity index (χ4n) is 2.87. The quantitative estimate of drug-likeness (QED) is 0.561. The molecule has 4 unspecified atom stereocenters. The van der Waals surface area contributed by atoms with Crippen LogP contribution in [-0.4, -0.2) is 68.4 Å². The monoisotopic (exact) mass is 308 g/mol. The van der Waals surface area contributed by atoms with Crippen molar-refractivity contribution in [2.24, 2.45) is 0 Å². The van der Waals surface area contributed by atoms with Crippen LogP contribution >= 0.6 is 0 Å². The lowest BCUT2D eigenvalue weighted by atomic mass is 9.83. The van der Waals surface area contributed by atoms with Crippen LogP contribution < -0.4 is 0 Å². The first-order valence-electron chi connectivity index (χ1n) is 7.29. The molecule has 0 spiro atoms. The summed E-state index contributed by atoms with van der Waals surface area (Å²) in [6.45, 7) is 5.22. The molecule has 0 heterocycles. The summed E-state index contributed by atoms with van der Waals surface area (Å²) in [7, 11) is 6.08. The molecule has 0 saturated heterocycles. The molecule has 0 aromatic carbocycles. The highest BCUT2D eigenvalue weighted by atomic mass is 16.7. The van der Waals surface area contributed by atoms with Crippen molar-refractivity contribution in [3.63, 3.8) is 0 Å². The Morgan fingerprint density at radius 3 is 1.76 bits per heavy atom. The summed E-state index contributed by atoms with van der Waals surface area (Å²) in [6.07, 6.45) is 0.0650. The van der Waals surface area contributed by atoms with Gasteiger partial charge in [-0.3, -0.25) is 0 Å². The van der Waals surface area contributed by atoms with Crippen LogP contribution in [0, 0.1) is 0 Å². The van der Waals surface area contributed by atoms with Crippen LogP contribution in [0.15, 0.2) is 0 Å².